The Labute approximate surface area is 157 Å². The minimum Gasteiger partial charge on any atom is -0.385 e. The number of aliphatic hydroxyl groups is 1. The van der Waals surface area contributed by atoms with Crippen molar-refractivity contribution in [2.45, 2.75) is 25.7 Å². The molecule has 0 bridgehead atoms. The van der Waals surface area contributed by atoms with E-state index in [-0.39, 0.29) is 18.3 Å². The Hall–Kier alpha value is -2.78. The lowest BCUT2D eigenvalue weighted by Crippen LogP contribution is -2.40. The van der Waals surface area contributed by atoms with Gasteiger partial charge in [-0.15, -0.1) is 0 Å². The second kappa shape index (κ2) is 7.45. The Balaban J connectivity index is 1.84. The molecule has 2 heterocycles. The summed E-state index contributed by atoms with van der Waals surface area (Å²) in [6, 6.07) is 6.01. The van der Waals surface area contributed by atoms with E-state index in [4.69, 9.17) is 16.1 Å². The molecule has 0 radical (unpaired) electrons. The minimum atomic E-state index is -1.96. The lowest BCUT2D eigenvalue weighted by Gasteiger charge is -2.12. The van der Waals surface area contributed by atoms with Crippen LogP contribution in [0.4, 0.5) is 4.39 Å². The number of aliphatic hydroxyl groups excluding tert-OH is 1. The first-order chi connectivity index (χ1) is 12.8. The maximum atomic E-state index is 14.6. The lowest BCUT2D eigenvalue weighted by molar-refractivity contribution is 0.0708. The molecule has 3 aromatic rings. The van der Waals surface area contributed by atoms with E-state index in [1.165, 1.54) is 42.1 Å². The van der Waals surface area contributed by atoms with Gasteiger partial charge in [-0.1, -0.05) is 28.9 Å². The van der Waals surface area contributed by atoms with Gasteiger partial charge in [-0.25, -0.2) is 9.18 Å². The van der Waals surface area contributed by atoms with Gasteiger partial charge in [-0.2, -0.15) is 4.98 Å². The third-order valence-corrected chi connectivity index (χ3v) is 4.27. The molecule has 3 rings (SSSR count). The van der Waals surface area contributed by atoms with E-state index in [0.29, 0.717) is 16.1 Å². The van der Waals surface area contributed by atoms with E-state index in [9.17, 15) is 19.1 Å². The fraction of sp³-hybridized carbons (Fsp3) is 0.294. The number of rotatable bonds is 5. The summed E-state index contributed by atoms with van der Waals surface area (Å²) < 4.78 is 21.7. The van der Waals surface area contributed by atoms with Gasteiger partial charge in [-0.3, -0.25) is 9.36 Å². The molecule has 2 aromatic heterocycles. The third kappa shape index (κ3) is 3.83. The van der Waals surface area contributed by atoms with Crippen LogP contribution in [0.2, 0.25) is 5.02 Å². The number of aromatic nitrogens is 4. The largest absolute Gasteiger partial charge is 0.385 e. The van der Waals surface area contributed by atoms with Crippen LogP contribution in [0.3, 0.4) is 0 Å². The van der Waals surface area contributed by atoms with Gasteiger partial charge in [0.2, 0.25) is 11.7 Å². The molecule has 0 aliphatic heterocycles. The molecule has 10 heteroatoms. The van der Waals surface area contributed by atoms with Crippen molar-refractivity contribution in [1.82, 2.24) is 19.3 Å². The van der Waals surface area contributed by atoms with Gasteiger partial charge in [0, 0.05) is 23.8 Å². The highest BCUT2D eigenvalue weighted by atomic mass is 35.5. The summed E-state index contributed by atoms with van der Waals surface area (Å²) in [5, 5.41) is 14.1. The Morgan fingerprint density at radius 3 is 2.63 bits per heavy atom. The summed E-state index contributed by atoms with van der Waals surface area (Å²) in [4.78, 5) is 28.1. The van der Waals surface area contributed by atoms with Gasteiger partial charge in [-0.05, 0) is 24.6 Å². The van der Waals surface area contributed by atoms with Crippen LogP contribution in [-0.4, -0.2) is 24.4 Å². The summed E-state index contributed by atoms with van der Waals surface area (Å²) in [5.41, 5.74) is -0.417. The van der Waals surface area contributed by atoms with Crippen LogP contribution in [0.15, 0.2) is 44.6 Å². The van der Waals surface area contributed by atoms with Crippen molar-refractivity contribution in [2.75, 3.05) is 0 Å². The summed E-state index contributed by atoms with van der Waals surface area (Å²) in [5.74, 6) is -0.509. The van der Waals surface area contributed by atoms with Gasteiger partial charge in [0.1, 0.15) is 12.6 Å². The van der Waals surface area contributed by atoms with Crippen LogP contribution >= 0.6 is 11.6 Å². The molecule has 0 amide bonds. The third-order valence-electron chi connectivity index (χ3n) is 4.01. The molecule has 0 spiro atoms. The monoisotopic (exact) mass is 394 g/mol. The fourth-order valence-electron chi connectivity index (χ4n) is 2.58. The zero-order valence-corrected chi connectivity index (χ0v) is 15.2. The molecular formula is C17H16ClFN4O4. The van der Waals surface area contributed by atoms with Crippen molar-refractivity contribution in [3.05, 3.63) is 79.2 Å². The average molecular weight is 395 g/mol. The zero-order chi connectivity index (χ0) is 19.7. The maximum Gasteiger partial charge on any atom is 0.331 e. The predicted octanol–water partition coefficient (Wildman–Crippen LogP) is 1.68. The Kier molecular flexibility index (Phi) is 5.24. The average Bonchev–Trinajstić information content (AvgIpc) is 3.11. The second-order valence-corrected chi connectivity index (χ2v) is 6.48. The highest BCUT2D eigenvalue weighted by Gasteiger charge is 2.27. The van der Waals surface area contributed by atoms with E-state index in [0.717, 1.165) is 4.57 Å². The Morgan fingerprint density at radius 2 is 1.96 bits per heavy atom. The van der Waals surface area contributed by atoms with E-state index < -0.39 is 23.5 Å². The first-order valence-electron chi connectivity index (χ1n) is 7.95. The molecule has 1 unspecified atom stereocenters. The van der Waals surface area contributed by atoms with Crippen LogP contribution in [-0.2, 0) is 13.6 Å². The van der Waals surface area contributed by atoms with Gasteiger partial charge in [0.25, 0.3) is 5.56 Å². The molecule has 2 atom stereocenters. The van der Waals surface area contributed by atoms with Crippen molar-refractivity contribution >= 4 is 11.6 Å². The van der Waals surface area contributed by atoms with Gasteiger partial charge < -0.3 is 14.2 Å². The molecule has 8 nitrogen and oxygen atoms in total. The Bertz CT molecular complexity index is 1040. The van der Waals surface area contributed by atoms with Crippen molar-refractivity contribution < 1.29 is 14.0 Å². The van der Waals surface area contributed by atoms with E-state index >= 15 is 0 Å². The molecule has 0 saturated carbocycles. The molecule has 0 aliphatic carbocycles. The van der Waals surface area contributed by atoms with Crippen molar-refractivity contribution in [1.29, 1.82) is 0 Å². The summed E-state index contributed by atoms with van der Waals surface area (Å²) in [6.45, 7) is 1.27. The van der Waals surface area contributed by atoms with Crippen LogP contribution in [0.5, 0.6) is 0 Å². The number of halogens is 2. The zero-order valence-electron chi connectivity index (χ0n) is 14.5. The van der Waals surface area contributed by atoms with Gasteiger partial charge in [0.05, 0.1) is 0 Å². The van der Waals surface area contributed by atoms with Gasteiger partial charge in [0.15, 0.2) is 6.17 Å². The summed E-state index contributed by atoms with van der Waals surface area (Å²) in [6.07, 6.45) is -2.07. The second-order valence-electron chi connectivity index (χ2n) is 6.04. The molecule has 0 aliphatic rings. The highest BCUT2D eigenvalue weighted by molar-refractivity contribution is 6.30. The molecule has 1 N–H and O–H groups in total. The number of nitrogens with zero attached hydrogens (tertiary/aromatic N) is 4. The lowest BCUT2D eigenvalue weighted by atomic mass is 10.1. The topological polar surface area (TPSA) is 103 Å². The van der Waals surface area contributed by atoms with Crippen molar-refractivity contribution in [2.24, 2.45) is 7.05 Å². The molecule has 142 valence electrons. The quantitative estimate of drug-likeness (QED) is 0.706. The van der Waals surface area contributed by atoms with E-state index in [1.807, 2.05) is 0 Å². The van der Waals surface area contributed by atoms with E-state index in [1.54, 1.807) is 6.92 Å². The predicted molar refractivity (Wildman–Crippen MR) is 94.3 cm³/mol. The van der Waals surface area contributed by atoms with Crippen LogP contribution in [0.1, 0.15) is 35.1 Å². The Morgan fingerprint density at radius 1 is 1.30 bits per heavy atom. The number of hydrogen-bond donors (Lipinski definition) is 1. The fourth-order valence-corrected chi connectivity index (χ4v) is 2.71. The van der Waals surface area contributed by atoms with Gasteiger partial charge >= 0.3 is 5.69 Å². The smallest absolute Gasteiger partial charge is 0.331 e. The first kappa shape index (κ1) is 19.0. The van der Waals surface area contributed by atoms with Crippen molar-refractivity contribution in [3.63, 3.8) is 0 Å². The maximum absolute atomic E-state index is 14.6. The van der Waals surface area contributed by atoms with Crippen LogP contribution < -0.4 is 11.2 Å². The van der Waals surface area contributed by atoms with Crippen LogP contribution in [0.25, 0.3) is 0 Å². The van der Waals surface area contributed by atoms with Crippen molar-refractivity contribution in [3.8, 4) is 0 Å². The molecular weight excluding hydrogens is 379 g/mol. The summed E-state index contributed by atoms with van der Waals surface area (Å²) in [7, 11) is 1.50. The number of benzene rings is 1. The molecule has 0 saturated heterocycles. The standard InChI is InChI=1S/C17H16ClFN4O4/c1-9-7-22(2)17(26)23(16(9)25)8-12-20-15(21-27-12)13(19)14(24)10-3-5-11(18)6-4-10/h3-7,13-14,24H,8H2,1-2H3/t13?,14-/m1/s1. The highest BCUT2D eigenvalue weighted by Crippen LogP contribution is 2.31. The normalized spacial score (nSPS) is 13.5. The van der Waals surface area contributed by atoms with E-state index in [2.05, 4.69) is 10.1 Å². The summed E-state index contributed by atoms with van der Waals surface area (Å²) >= 11 is 5.77. The minimum absolute atomic E-state index is 0.124. The molecule has 27 heavy (non-hydrogen) atoms. The van der Waals surface area contributed by atoms with Crippen LogP contribution in [0, 0.1) is 6.92 Å². The first-order valence-corrected chi connectivity index (χ1v) is 8.33. The number of alkyl halides is 1. The number of hydrogen-bond acceptors (Lipinski definition) is 6. The molecule has 1 aromatic carbocycles. The number of aryl methyl sites for hydroxylation is 2. The SMILES string of the molecule is Cc1cn(C)c(=O)n(Cc2nc(C(F)[C@H](O)c3ccc(Cl)cc3)no2)c1=O. The molecule has 0 fully saturated rings.